The fourth-order valence-corrected chi connectivity index (χ4v) is 3.45. The van der Waals surface area contributed by atoms with Crippen LogP contribution in [0.5, 0.6) is 23.0 Å². The van der Waals surface area contributed by atoms with E-state index >= 15 is 0 Å². The Balaban J connectivity index is 1.91. The lowest BCUT2D eigenvalue weighted by Crippen LogP contribution is -2.36. The third-order valence-corrected chi connectivity index (χ3v) is 4.70. The number of rotatable bonds is 4. The lowest BCUT2D eigenvalue weighted by Gasteiger charge is -2.28. The van der Waals surface area contributed by atoms with Crippen LogP contribution < -0.4 is 24.3 Å². The zero-order valence-electron chi connectivity index (χ0n) is 15.2. The Labute approximate surface area is 156 Å². The van der Waals surface area contributed by atoms with E-state index in [1.54, 1.807) is 21.3 Å². The summed E-state index contributed by atoms with van der Waals surface area (Å²) in [5.41, 5.74) is 1.67. The molecule has 1 amide bonds. The number of hydrogen-bond acceptors (Lipinski definition) is 5. The zero-order chi connectivity index (χ0) is 19.0. The highest BCUT2D eigenvalue weighted by molar-refractivity contribution is 5.93. The van der Waals surface area contributed by atoms with E-state index in [2.05, 4.69) is 5.32 Å². The van der Waals surface area contributed by atoms with Gasteiger partial charge >= 0.3 is 6.09 Å². The van der Waals surface area contributed by atoms with Crippen molar-refractivity contribution < 1.29 is 23.7 Å². The van der Waals surface area contributed by atoms with Gasteiger partial charge in [0.15, 0.2) is 11.5 Å². The second kappa shape index (κ2) is 6.72. The Bertz CT molecular complexity index is 1010. The summed E-state index contributed by atoms with van der Waals surface area (Å²) in [6.07, 6.45) is -0.502. The Morgan fingerprint density at radius 2 is 1.63 bits per heavy atom. The number of amides is 1. The normalized spacial score (nSPS) is 15.5. The Morgan fingerprint density at radius 3 is 2.30 bits per heavy atom. The number of hydrogen-bond donors (Lipinski definition) is 1. The summed E-state index contributed by atoms with van der Waals surface area (Å²) in [5, 5.41) is 4.78. The molecule has 1 atom stereocenters. The molecule has 27 heavy (non-hydrogen) atoms. The van der Waals surface area contributed by atoms with Crippen LogP contribution in [0, 0.1) is 0 Å². The van der Waals surface area contributed by atoms with Crippen molar-refractivity contribution in [2.24, 2.45) is 0 Å². The van der Waals surface area contributed by atoms with Crippen LogP contribution in [0.4, 0.5) is 4.79 Å². The molecule has 0 saturated heterocycles. The second-order valence-corrected chi connectivity index (χ2v) is 6.13. The highest BCUT2D eigenvalue weighted by Crippen LogP contribution is 2.44. The first-order valence-electron chi connectivity index (χ1n) is 8.46. The molecule has 0 saturated carbocycles. The third kappa shape index (κ3) is 2.79. The van der Waals surface area contributed by atoms with Gasteiger partial charge < -0.3 is 24.3 Å². The fraction of sp³-hybridized carbons (Fsp3) is 0.190. The van der Waals surface area contributed by atoms with E-state index in [1.165, 1.54) is 0 Å². The van der Waals surface area contributed by atoms with Crippen LogP contribution >= 0.6 is 0 Å². The first kappa shape index (κ1) is 17.0. The average molecular weight is 365 g/mol. The number of carbonyl (C=O) groups is 1. The molecule has 3 aromatic rings. The largest absolute Gasteiger partial charge is 0.493 e. The van der Waals surface area contributed by atoms with E-state index in [0.29, 0.717) is 23.0 Å². The molecule has 1 N–H and O–H groups in total. The van der Waals surface area contributed by atoms with Crippen LogP contribution in [0.1, 0.15) is 17.2 Å². The molecule has 0 spiro atoms. The summed E-state index contributed by atoms with van der Waals surface area (Å²) >= 11 is 0. The van der Waals surface area contributed by atoms with Crippen molar-refractivity contribution in [1.29, 1.82) is 0 Å². The van der Waals surface area contributed by atoms with E-state index in [-0.39, 0.29) is 0 Å². The van der Waals surface area contributed by atoms with E-state index in [4.69, 9.17) is 18.9 Å². The number of nitrogens with one attached hydrogen (secondary N) is 1. The minimum absolute atomic E-state index is 0.403. The van der Waals surface area contributed by atoms with Crippen molar-refractivity contribution in [2.45, 2.75) is 6.04 Å². The molecule has 4 rings (SSSR count). The van der Waals surface area contributed by atoms with Gasteiger partial charge in [0.05, 0.1) is 27.4 Å². The van der Waals surface area contributed by atoms with Gasteiger partial charge in [-0.1, -0.05) is 36.4 Å². The molecule has 6 nitrogen and oxygen atoms in total. The molecule has 1 aliphatic heterocycles. The molecule has 0 aromatic heterocycles. The summed E-state index contributed by atoms with van der Waals surface area (Å²) in [7, 11) is 4.67. The molecule has 138 valence electrons. The first-order chi connectivity index (χ1) is 13.2. The smallest absolute Gasteiger partial charge is 0.413 e. The van der Waals surface area contributed by atoms with Gasteiger partial charge in [0.2, 0.25) is 5.75 Å². The number of carbonyl (C=O) groups excluding carboxylic acids is 1. The topological polar surface area (TPSA) is 66.0 Å². The van der Waals surface area contributed by atoms with Crippen LogP contribution in [0.25, 0.3) is 10.8 Å². The highest BCUT2D eigenvalue weighted by atomic mass is 16.6. The van der Waals surface area contributed by atoms with Gasteiger partial charge in [0, 0.05) is 10.9 Å². The van der Waals surface area contributed by atoms with Crippen LogP contribution in [-0.2, 0) is 0 Å². The molecular formula is C21H19NO5. The molecule has 6 heteroatoms. The monoisotopic (exact) mass is 365 g/mol. The molecule has 0 fully saturated rings. The van der Waals surface area contributed by atoms with Crippen molar-refractivity contribution in [2.75, 3.05) is 21.3 Å². The zero-order valence-corrected chi connectivity index (χ0v) is 15.2. The maximum Gasteiger partial charge on any atom is 0.413 e. The molecule has 1 aliphatic rings. The molecule has 0 unspecified atom stereocenters. The van der Waals surface area contributed by atoms with Gasteiger partial charge in [-0.3, -0.25) is 0 Å². The first-order valence-corrected chi connectivity index (χ1v) is 8.46. The molecule has 1 heterocycles. The van der Waals surface area contributed by atoms with Crippen LogP contribution in [0.3, 0.4) is 0 Å². The van der Waals surface area contributed by atoms with Gasteiger partial charge in [0.25, 0.3) is 0 Å². The predicted molar refractivity (Wildman–Crippen MR) is 101 cm³/mol. The Kier molecular flexibility index (Phi) is 4.24. The van der Waals surface area contributed by atoms with E-state index < -0.39 is 12.1 Å². The van der Waals surface area contributed by atoms with Crippen molar-refractivity contribution in [3.8, 4) is 23.0 Å². The van der Waals surface area contributed by atoms with E-state index in [0.717, 1.165) is 21.9 Å². The lowest BCUT2D eigenvalue weighted by molar-refractivity contribution is 0.192. The number of methoxy groups -OCH3 is 3. The van der Waals surface area contributed by atoms with Crippen molar-refractivity contribution in [3.05, 3.63) is 59.7 Å². The van der Waals surface area contributed by atoms with E-state index in [1.807, 2.05) is 48.5 Å². The van der Waals surface area contributed by atoms with Gasteiger partial charge in [-0.15, -0.1) is 0 Å². The summed E-state index contributed by atoms with van der Waals surface area (Å²) in [6, 6.07) is 15.0. The quantitative estimate of drug-likeness (QED) is 0.755. The summed E-state index contributed by atoms with van der Waals surface area (Å²) in [5.74, 6) is 2.11. The average Bonchev–Trinajstić information content (AvgIpc) is 2.71. The molecule has 0 aliphatic carbocycles. The second-order valence-electron chi connectivity index (χ2n) is 6.13. The minimum atomic E-state index is -0.502. The standard InChI is InChI=1S/C21H19NO5/c1-24-16-10-13(11-17(25-2)20(16)26-3)18-15-9-8-12-6-4-5-7-14(12)19(15)27-21(23)22-18/h4-11,18H,1-3H3,(H,22,23)/t18-/m1/s1. The minimum Gasteiger partial charge on any atom is -0.493 e. The Hall–Kier alpha value is -3.41. The molecule has 0 radical (unpaired) electrons. The summed E-state index contributed by atoms with van der Waals surface area (Å²) in [4.78, 5) is 12.3. The van der Waals surface area contributed by atoms with Crippen molar-refractivity contribution in [1.82, 2.24) is 5.32 Å². The summed E-state index contributed by atoms with van der Waals surface area (Å²) < 4.78 is 21.8. The number of benzene rings is 3. The summed E-state index contributed by atoms with van der Waals surface area (Å²) in [6.45, 7) is 0. The predicted octanol–water partition coefficient (Wildman–Crippen LogP) is 4.06. The van der Waals surface area contributed by atoms with Gasteiger partial charge in [0.1, 0.15) is 5.75 Å². The van der Waals surface area contributed by atoms with Crippen molar-refractivity contribution in [3.63, 3.8) is 0 Å². The van der Waals surface area contributed by atoms with Crippen LogP contribution in [-0.4, -0.2) is 27.4 Å². The van der Waals surface area contributed by atoms with Crippen molar-refractivity contribution >= 4 is 16.9 Å². The molecule has 0 bridgehead atoms. The van der Waals surface area contributed by atoms with Gasteiger partial charge in [-0.2, -0.15) is 0 Å². The highest BCUT2D eigenvalue weighted by Gasteiger charge is 2.30. The van der Waals surface area contributed by atoms with E-state index in [9.17, 15) is 4.79 Å². The molecular weight excluding hydrogens is 346 g/mol. The third-order valence-electron chi connectivity index (χ3n) is 4.70. The number of fused-ring (bicyclic) bond motifs is 3. The van der Waals surface area contributed by atoms with Crippen LogP contribution in [0.2, 0.25) is 0 Å². The van der Waals surface area contributed by atoms with Gasteiger partial charge in [-0.05, 0) is 23.1 Å². The Morgan fingerprint density at radius 1 is 0.926 bits per heavy atom. The maximum absolute atomic E-state index is 12.3. The number of ether oxygens (including phenoxy) is 4. The van der Waals surface area contributed by atoms with Crippen LogP contribution in [0.15, 0.2) is 48.5 Å². The fourth-order valence-electron chi connectivity index (χ4n) is 3.45. The van der Waals surface area contributed by atoms with Gasteiger partial charge in [-0.25, -0.2) is 4.79 Å². The molecule has 3 aromatic carbocycles. The lowest BCUT2D eigenvalue weighted by atomic mass is 9.93. The maximum atomic E-state index is 12.3. The SMILES string of the molecule is COc1cc([C@H]2NC(=O)Oc3c2ccc2ccccc32)cc(OC)c1OC.